The van der Waals surface area contributed by atoms with Gasteiger partial charge in [-0.3, -0.25) is 9.80 Å². The van der Waals surface area contributed by atoms with E-state index >= 15 is 0 Å². The molecule has 3 heterocycles. The van der Waals surface area contributed by atoms with Crippen LogP contribution in [0.1, 0.15) is 105 Å². The van der Waals surface area contributed by atoms with Crippen molar-refractivity contribution < 1.29 is 17.3 Å². The van der Waals surface area contributed by atoms with Crippen LogP contribution in [0.3, 0.4) is 0 Å². The van der Waals surface area contributed by atoms with E-state index in [-0.39, 0.29) is 28.5 Å². The molecule has 6 rings (SSSR count). The summed E-state index contributed by atoms with van der Waals surface area (Å²) in [6.07, 6.45) is 2.04. The van der Waals surface area contributed by atoms with Gasteiger partial charge in [0.15, 0.2) is 0 Å². The van der Waals surface area contributed by atoms with Gasteiger partial charge < -0.3 is 8.92 Å². The summed E-state index contributed by atoms with van der Waals surface area (Å²) in [6, 6.07) is 9.17. The van der Waals surface area contributed by atoms with Gasteiger partial charge in [-0.05, 0) is 77.5 Å². The number of ether oxygens (including phenoxy) is 1. The van der Waals surface area contributed by atoms with Crippen LogP contribution in [0.4, 0.5) is 0 Å². The number of hydrogen-bond acceptors (Lipinski definition) is 8. The zero-order valence-electron chi connectivity index (χ0n) is 26.7. The average Bonchev–Trinajstić information content (AvgIpc) is 3.33. The van der Waals surface area contributed by atoms with E-state index in [0.29, 0.717) is 23.3 Å². The number of piperazine rings is 1. The normalized spacial score (nSPS) is 20.4. The number of aromatic nitrogens is 2. The summed E-state index contributed by atoms with van der Waals surface area (Å²) >= 11 is 0. The molecule has 43 heavy (non-hydrogen) atoms. The van der Waals surface area contributed by atoms with Crippen LogP contribution >= 0.6 is 0 Å². The van der Waals surface area contributed by atoms with Gasteiger partial charge in [0.05, 0.1) is 30.2 Å². The van der Waals surface area contributed by atoms with Crippen molar-refractivity contribution in [3.63, 3.8) is 0 Å². The van der Waals surface area contributed by atoms with E-state index in [1.54, 1.807) is 6.92 Å². The van der Waals surface area contributed by atoms with E-state index in [4.69, 9.17) is 13.9 Å². The first-order valence-corrected chi connectivity index (χ1v) is 17.3. The lowest BCUT2D eigenvalue weighted by molar-refractivity contribution is -0.0798. The molecule has 2 fully saturated rings. The van der Waals surface area contributed by atoms with E-state index in [0.717, 1.165) is 74.4 Å². The Morgan fingerprint density at radius 2 is 1.49 bits per heavy atom. The van der Waals surface area contributed by atoms with Gasteiger partial charge in [-0.25, -0.2) is 4.98 Å². The lowest BCUT2D eigenvalue weighted by atomic mass is 9.89. The Morgan fingerprint density at radius 1 is 0.860 bits per heavy atom. The van der Waals surface area contributed by atoms with Crippen LogP contribution in [0, 0.1) is 6.92 Å². The Kier molecular flexibility index (Phi) is 8.30. The highest BCUT2D eigenvalue weighted by Crippen LogP contribution is 2.41. The van der Waals surface area contributed by atoms with Crippen molar-refractivity contribution in [3.8, 4) is 5.88 Å². The van der Waals surface area contributed by atoms with Crippen LogP contribution < -0.4 is 4.18 Å². The molecule has 0 N–H and O–H groups in total. The fraction of sp³-hybridized carbons (Fsp3) is 0.588. The van der Waals surface area contributed by atoms with Crippen LogP contribution in [0.15, 0.2) is 29.2 Å². The van der Waals surface area contributed by atoms with E-state index in [9.17, 15) is 8.42 Å². The Morgan fingerprint density at radius 3 is 2.05 bits per heavy atom. The SMILES string of the molecule is Cc1nc(OS(=O)(=O)c2c(C(C)C)cc(C(C)C)cc2C(C)C)c2cc3c(cc2n1)CCC3N1CCN(C2COC2)CC1. The van der Waals surface area contributed by atoms with Crippen LogP contribution in [0.5, 0.6) is 5.88 Å². The molecule has 0 amide bonds. The number of hydrogen-bond donors (Lipinski definition) is 0. The van der Waals surface area contributed by atoms with Crippen molar-refractivity contribution in [2.24, 2.45) is 0 Å². The molecule has 232 valence electrons. The molecule has 3 aliphatic rings. The Labute approximate surface area is 256 Å². The molecule has 0 saturated carbocycles. The largest absolute Gasteiger partial charge is 0.378 e. The standard InChI is InChI=1S/C34H46N4O4S/c1-20(2)25-14-27(21(3)4)33(28(15-25)22(5)6)43(39,40)42-34-30-17-29-24(16-31(30)35-23(7)36-34)8-9-32(29)38-12-10-37(11-13-38)26-18-41-19-26/h14-17,20-22,26,32H,8-13,18-19H2,1-7H3. The van der Waals surface area contributed by atoms with Gasteiger partial charge in [-0.15, -0.1) is 0 Å². The second kappa shape index (κ2) is 11.7. The fourth-order valence-electron chi connectivity index (χ4n) is 6.91. The molecule has 2 aliphatic heterocycles. The van der Waals surface area contributed by atoms with Crippen LogP contribution in [0.25, 0.3) is 10.9 Å². The second-order valence-electron chi connectivity index (χ2n) is 13.5. The third kappa shape index (κ3) is 5.81. The molecule has 0 bridgehead atoms. The Bertz CT molecular complexity index is 1590. The molecule has 0 spiro atoms. The summed E-state index contributed by atoms with van der Waals surface area (Å²) in [5.41, 5.74) is 5.98. The van der Waals surface area contributed by atoms with Gasteiger partial charge >= 0.3 is 10.1 Å². The topological polar surface area (TPSA) is 84.9 Å². The maximum Gasteiger partial charge on any atom is 0.341 e. The number of fused-ring (bicyclic) bond motifs is 2. The van der Waals surface area contributed by atoms with Gasteiger partial charge in [0.2, 0.25) is 5.88 Å². The molecule has 1 atom stereocenters. The molecule has 1 unspecified atom stereocenters. The number of aryl methyl sites for hydroxylation is 2. The molecule has 0 radical (unpaired) electrons. The highest BCUT2D eigenvalue weighted by molar-refractivity contribution is 7.87. The van der Waals surface area contributed by atoms with E-state index in [1.807, 2.05) is 39.8 Å². The van der Waals surface area contributed by atoms with Crippen molar-refractivity contribution >= 4 is 21.0 Å². The summed E-state index contributed by atoms with van der Waals surface area (Å²) in [7, 11) is -4.19. The van der Waals surface area contributed by atoms with Crippen molar-refractivity contribution in [3.05, 3.63) is 57.9 Å². The van der Waals surface area contributed by atoms with Gasteiger partial charge in [0.1, 0.15) is 10.7 Å². The summed E-state index contributed by atoms with van der Waals surface area (Å²) in [5, 5.41) is 0.654. The highest BCUT2D eigenvalue weighted by Gasteiger charge is 2.35. The maximum atomic E-state index is 14.2. The second-order valence-corrected chi connectivity index (χ2v) is 15.0. The van der Waals surface area contributed by atoms with Crippen molar-refractivity contribution in [1.82, 2.24) is 19.8 Å². The van der Waals surface area contributed by atoms with E-state index in [1.165, 1.54) is 11.1 Å². The van der Waals surface area contributed by atoms with Crippen molar-refractivity contribution in [1.29, 1.82) is 0 Å². The summed E-state index contributed by atoms with van der Waals surface area (Å²) in [5.74, 6) is 0.908. The van der Waals surface area contributed by atoms with Gasteiger partial charge in [-0.1, -0.05) is 53.7 Å². The molecular formula is C34H46N4O4S. The first kappa shape index (κ1) is 30.4. The van der Waals surface area contributed by atoms with Crippen LogP contribution in [0.2, 0.25) is 0 Å². The van der Waals surface area contributed by atoms with E-state index in [2.05, 4.69) is 40.8 Å². The zero-order valence-corrected chi connectivity index (χ0v) is 27.5. The number of rotatable bonds is 8. The average molecular weight is 607 g/mol. The molecule has 8 nitrogen and oxygen atoms in total. The molecule has 1 aliphatic carbocycles. The quantitative estimate of drug-likeness (QED) is 0.285. The first-order chi connectivity index (χ1) is 20.4. The van der Waals surface area contributed by atoms with Gasteiger partial charge in [-0.2, -0.15) is 13.4 Å². The predicted molar refractivity (Wildman–Crippen MR) is 170 cm³/mol. The molecule has 3 aromatic rings. The monoisotopic (exact) mass is 606 g/mol. The number of benzene rings is 2. The predicted octanol–water partition coefficient (Wildman–Crippen LogP) is 6.08. The minimum atomic E-state index is -4.19. The Balaban J connectivity index is 1.37. The van der Waals surface area contributed by atoms with E-state index < -0.39 is 10.1 Å². The molecule has 2 saturated heterocycles. The van der Waals surface area contributed by atoms with Crippen molar-refractivity contribution in [2.45, 2.75) is 96.0 Å². The molecule has 1 aromatic heterocycles. The fourth-order valence-corrected chi connectivity index (χ4v) is 8.49. The van der Waals surface area contributed by atoms with Crippen LogP contribution in [-0.4, -0.2) is 73.6 Å². The Hall–Kier alpha value is -2.59. The van der Waals surface area contributed by atoms with Gasteiger partial charge in [0.25, 0.3) is 0 Å². The lowest BCUT2D eigenvalue weighted by Gasteiger charge is -2.44. The highest BCUT2D eigenvalue weighted by atomic mass is 32.2. The van der Waals surface area contributed by atoms with Gasteiger partial charge in [0, 0.05) is 32.2 Å². The minimum absolute atomic E-state index is 0.00904. The first-order valence-electron chi connectivity index (χ1n) is 15.9. The third-order valence-electron chi connectivity index (χ3n) is 9.52. The third-order valence-corrected chi connectivity index (χ3v) is 10.9. The maximum absolute atomic E-state index is 14.2. The number of nitrogens with zero attached hydrogens (tertiary/aromatic N) is 4. The van der Waals surface area contributed by atoms with Crippen LogP contribution in [-0.2, 0) is 21.3 Å². The molecule has 2 aromatic carbocycles. The molecule has 9 heteroatoms. The summed E-state index contributed by atoms with van der Waals surface area (Å²) in [6.45, 7) is 20.0. The molecular weight excluding hydrogens is 560 g/mol. The summed E-state index contributed by atoms with van der Waals surface area (Å²) in [4.78, 5) is 14.7. The smallest absolute Gasteiger partial charge is 0.341 e. The zero-order chi connectivity index (χ0) is 30.6. The minimum Gasteiger partial charge on any atom is -0.378 e. The lowest BCUT2D eigenvalue weighted by Crippen LogP contribution is -2.56. The van der Waals surface area contributed by atoms with Crippen molar-refractivity contribution in [2.75, 3.05) is 39.4 Å². The summed E-state index contributed by atoms with van der Waals surface area (Å²) < 4.78 is 40.0.